The lowest BCUT2D eigenvalue weighted by atomic mass is 10.1. The van der Waals surface area contributed by atoms with Gasteiger partial charge in [0.25, 0.3) is 5.91 Å². The van der Waals surface area contributed by atoms with Crippen LogP contribution in [0.2, 0.25) is 0 Å². The van der Waals surface area contributed by atoms with Crippen molar-refractivity contribution < 1.29 is 35.9 Å². The summed E-state index contributed by atoms with van der Waals surface area (Å²) in [5.74, 6) is -6.68. The van der Waals surface area contributed by atoms with Crippen molar-refractivity contribution >= 4 is 17.5 Å². The zero-order valence-electron chi connectivity index (χ0n) is 13.7. The van der Waals surface area contributed by atoms with Crippen LogP contribution in [0.5, 0.6) is 0 Å². The third-order valence-corrected chi connectivity index (χ3v) is 3.47. The topological polar surface area (TPSA) is 49.4 Å². The monoisotopic (exact) mass is 390 g/mol. The summed E-state index contributed by atoms with van der Waals surface area (Å²) in [7, 11) is 1.14. The molecule has 0 saturated heterocycles. The number of likely N-dealkylation sites (N-methyl/N-ethyl adjacent to an activating group) is 1. The minimum Gasteiger partial charge on any atom is -0.332 e. The van der Waals surface area contributed by atoms with Gasteiger partial charge in [-0.2, -0.15) is 13.2 Å². The Balaban J connectivity index is 2.08. The standard InChI is InChI=1S/C17H12F6N2O2/c1-25(16(27)9-3-2-4-10(7-9)17(21,22)23)8-13(26)24-12-6-5-11(18)14(19)15(12)20/h2-7H,8H2,1H3,(H,24,26). The highest BCUT2D eigenvalue weighted by Gasteiger charge is 2.31. The molecule has 10 heteroatoms. The second-order valence-electron chi connectivity index (χ2n) is 5.51. The second kappa shape index (κ2) is 7.68. The van der Waals surface area contributed by atoms with Gasteiger partial charge in [0.15, 0.2) is 17.5 Å². The largest absolute Gasteiger partial charge is 0.416 e. The third-order valence-electron chi connectivity index (χ3n) is 3.47. The summed E-state index contributed by atoms with van der Waals surface area (Å²) in [6.07, 6.45) is -4.64. The summed E-state index contributed by atoms with van der Waals surface area (Å²) in [4.78, 5) is 24.8. The van der Waals surface area contributed by atoms with Crippen LogP contribution in [0.3, 0.4) is 0 Å². The van der Waals surface area contributed by atoms with Gasteiger partial charge in [-0.3, -0.25) is 9.59 Å². The number of anilines is 1. The summed E-state index contributed by atoms with van der Waals surface area (Å²) in [6, 6.07) is 4.99. The molecular weight excluding hydrogens is 378 g/mol. The molecule has 0 aliphatic heterocycles. The third kappa shape index (κ3) is 4.78. The number of carbonyl (C=O) groups excluding carboxylic acids is 2. The number of nitrogens with one attached hydrogen (secondary N) is 1. The predicted molar refractivity (Wildman–Crippen MR) is 83.4 cm³/mol. The van der Waals surface area contributed by atoms with Crippen LogP contribution < -0.4 is 5.32 Å². The van der Waals surface area contributed by atoms with Gasteiger partial charge in [0.1, 0.15) is 0 Å². The Kier molecular flexibility index (Phi) is 5.77. The molecule has 0 radical (unpaired) electrons. The molecule has 0 aliphatic rings. The van der Waals surface area contributed by atoms with E-state index in [9.17, 15) is 35.9 Å². The summed E-state index contributed by atoms with van der Waals surface area (Å²) in [6.45, 7) is -0.659. The lowest BCUT2D eigenvalue weighted by Gasteiger charge is -2.18. The maximum Gasteiger partial charge on any atom is 0.416 e. The van der Waals surface area contributed by atoms with Gasteiger partial charge in [-0.15, -0.1) is 0 Å². The highest BCUT2D eigenvalue weighted by Crippen LogP contribution is 2.29. The molecule has 2 aromatic carbocycles. The summed E-state index contributed by atoms with van der Waals surface area (Å²) in [5, 5.41) is 1.96. The molecule has 144 valence electrons. The Labute approximate surface area is 149 Å². The van der Waals surface area contributed by atoms with Crippen molar-refractivity contribution in [2.75, 3.05) is 18.9 Å². The highest BCUT2D eigenvalue weighted by molar-refractivity contribution is 5.99. The Morgan fingerprint density at radius 3 is 2.33 bits per heavy atom. The van der Waals surface area contributed by atoms with Gasteiger partial charge in [0, 0.05) is 12.6 Å². The van der Waals surface area contributed by atoms with Crippen molar-refractivity contribution in [2.45, 2.75) is 6.18 Å². The Morgan fingerprint density at radius 1 is 1.04 bits per heavy atom. The second-order valence-corrected chi connectivity index (χ2v) is 5.51. The zero-order valence-corrected chi connectivity index (χ0v) is 13.7. The van der Waals surface area contributed by atoms with Gasteiger partial charge < -0.3 is 10.2 Å². The lowest BCUT2D eigenvalue weighted by molar-refractivity contribution is -0.137. The summed E-state index contributed by atoms with van der Waals surface area (Å²) < 4.78 is 77.6. The van der Waals surface area contributed by atoms with Gasteiger partial charge in [-0.1, -0.05) is 6.07 Å². The summed E-state index contributed by atoms with van der Waals surface area (Å²) >= 11 is 0. The number of alkyl halides is 3. The quantitative estimate of drug-likeness (QED) is 0.637. The van der Waals surface area contributed by atoms with Crippen LogP contribution in [0.15, 0.2) is 36.4 Å². The van der Waals surface area contributed by atoms with Crippen LogP contribution in [0.25, 0.3) is 0 Å². The summed E-state index contributed by atoms with van der Waals surface area (Å²) in [5.41, 5.74) is -1.98. The van der Waals surface area contributed by atoms with Crippen molar-refractivity contribution in [1.29, 1.82) is 0 Å². The average Bonchev–Trinajstić information content (AvgIpc) is 2.61. The zero-order chi connectivity index (χ0) is 20.4. The Hall–Kier alpha value is -3.04. The van der Waals surface area contributed by atoms with E-state index in [1.807, 2.05) is 5.32 Å². The number of halogens is 6. The molecule has 0 aliphatic carbocycles. The van der Waals surface area contributed by atoms with E-state index >= 15 is 0 Å². The van der Waals surface area contributed by atoms with E-state index in [2.05, 4.69) is 0 Å². The average molecular weight is 390 g/mol. The van der Waals surface area contributed by atoms with E-state index < -0.39 is 53.2 Å². The van der Waals surface area contributed by atoms with Crippen LogP contribution in [0.1, 0.15) is 15.9 Å². The van der Waals surface area contributed by atoms with Crippen molar-refractivity contribution in [3.63, 3.8) is 0 Å². The first kappa shape index (κ1) is 20.3. The molecule has 0 heterocycles. The first-order valence-electron chi connectivity index (χ1n) is 7.36. The fourth-order valence-corrected chi connectivity index (χ4v) is 2.15. The molecule has 4 nitrogen and oxygen atoms in total. The van der Waals surface area contributed by atoms with E-state index in [-0.39, 0.29) is 5.56 Å². The smallest absolute Gasteiger partial charge is 0.332 e. The number of nitrogens with zero attached hydrogens (tertiary/aromatic N) is 1. The minimum absolute atomic E-state index is 0.306. The Morgan fingerprint density at radius 2 is 1.70 bits per heavy atom. The molecule has 0 bridgehead atoms. The van der Waals surface area contributed by atoms with Crippen LogP contribution >= 0.6 is 0 Å². The molecule has 0 unspecified atom stereocenters. The molecule has 27 heavy (non-hydrogen) atoms. The van der Waals surface area contributed by atoms with Gasteiger partial charge in [0.2, 0.25) is 5.91 Å². The molecule has 0 spiro atoms. The molecule has 2 amide bonds. The fraction of sp³-hybridized carbons (Fsp3) is 0.176. The Bertz CT molecular complexity index is 882. The molecule has 2 rings (SSSR count). The van der Waals surface area contributed by atoms with Crippen molar-refractivity contribution in [3.05, 3.63) is 65.0 Å². The van der Waals surface area contributed by atoms with E-state index in [1.165, 1.54) is 0 Å². The number of hydrogen-bond donors (Lipinski definition) is 1. The molecule has 0 aromatic heterocycles. The first-order chi connectivity index (χ1) is 12.5. The molecule has 0 fully saturated rings. The maximum atomic E-state index is 13.5. The van der Waals surface area contributed by atoms with Gasteiger partial charge in [-0.25, -0.2) is 13.2 Å². The number of benzene rings is 2. The van der Waals surface area contributed by atoms with Crippen molar-refractivity contribution in [3.8, 4) is 0 Å². The van der Waals surface area contributed by atoms with Crippen LogP contribution in [0, 0.1) is 17.5 Å². The van der Waals surface area contributed by atoms with Gasteiger partial charge >= 0.3 is 6.18 Å². The number of amides is 2. The van der Waals surface area contributed by atoms with Crippen LogP contribution in [-0.4, -0.2) is 30.3 Å². The molecule has 2 aromatic rings. The first-order valence-corrected chi connectivity index (χ1v) is 7.36. The van der Waals surface area contributed by atoms with E-state index in [0.717, 1.165) is 36.2 Å². The van der Waals surface area contributed by atoms with Crippen molar-refractivity contribution in [1.82, 2.24) is 4.90 Å². The van der Waals surface area contributed by atoms with E-state index in [1.54, 1.807) is 0 Å². The number of carbonyl (C=O) groups is 2. The number of rotatable bonds is 4. The molecular formula is C17H12F6N2O2. The lowest BCUT2D eigenvalue weighted by Crippen LogP contribution is -2.35. The van der Waals surface area contributed by atoms with Crippen LogP contribution in [-0.2, 0) is 11.0 Å². The normalized spacial score (nSPS) is 11.2. The van der Waals surface area contributed by atoms with Gasteiger partial charge in [0.05, 0.1) is 17.8 Å². The van der Waals surface area contributed by atoms with E-state index in [4.69, 9.17) is 0 Å². The van der Waals surface area contributed by atoms with Gasteiger partial charge in [-0.05, 0) is 30.3 Å². The SMILES string of the molecule is CN(CC(=O)Nc1ccc(F)c(F)c1F)C(=O)c1cccc(C(F)(F)F)c1. The van der Waals surface area contributed by atoms with E-state index in [0.29, 0.717) is 12.1 Å². The number of hydrogen-bond acceptors (Lipinski definition) is 2. The van der Waals surface area contributed by atoms with Crippen LogP contribution in [0.4, 0.5) is 32.0 Å². The fourth-order valence-electron chi connectivity index (χ4n) is 2.15. The van der Waals surface area contributed by atoms with Crippen molar-refractivity contribution in [2.24, 2.45) is 0 Å². The maximum absolute atomic E-state index is 13.5. The molecule has 0 atom stereocenters. The minimum atomic E-state index is -4.64. The molecule has 1 N–H and O–H groups in total. The predicted octanol–water partition coefficient (Wildman–Crippen LogP) is 3.83. The highest BCUT2D eigenvalue weighted by atomic mass is 19.4. The molecule has 0 saturated carbocycles.